The van der Waals surface area contributed by atoms with Crippen molar-refractivity contribution in [3.63, 3.8) is 0 Å². The van der Waals surface area contributed by atoms with Crippen LogP contribution in [-0.2, 0) is 6.54 Å². The van der Waals surface area contributed by atoms with Gasteiger partial charge in [-0.15, -0.1) is 0 Å². The van der Waals surface area contributed by atoms with E-state index >= 15 is 0 Å². The van der Waals surface area contributed by atoms with E-state index in [0.29, 0.717) is 53.8 Å². The Hall–Kier alpha value is -4.12. The molecule has 1 saturated heterocycles. The van der Waals surface area contributed by atoms with Crippen LogP contribution in [0.1, 0.15) is 12.8 Å². The number of carbonyl (C=O) groups excluding carboxylic acids is 1. The van der Waals surface area contributed by atoms with E-state index < -0.39 is 5.60 Å². The molecule has 10 nitrogen and oxygen atoms in total. The Morgan fingerprint density at radius 3 is 2.64 bits per heavy atom. The fourth-order valence-corrected chi connectivity index (χ4v) is 4.49. The van der Waals surface area contributed by atoms with Gasteiger partial charge in [0.2, 0.25) is 0 Å². The Morgan fingerprint density at radius 2 is 1.92 bits per heavy atom. The Morgan fingerprint density at radius 1 is 1.14 bits per heavy atom. The highest BCUT2D eigenvalue weighted by atomic mass is 19.1. The number of pyridine rings is 1. The zero-order valence-electron chi connectivity index (χ0n) is 20.0. The second-order valence-electron chi connectivity index (χ2n) is 9.30. The molecule has 1 aromatic carbocycles. The van der Waals surface area contributed by atoms with Gasteiger partial charge in [-0.3, -0.25) is 14.3 Å². The molecule has 3 aromatic heterocycles. The summed E-state index contributed by atoms with van der Waals surface area (Å²) in [5.41, 5.74) is 0.858. The van der Waals surface area contributed by atoms with Crippen molar-refractivity contribution in [2.45, 2.75) is 25.0 Å². The number of aliphatic hydroxyl groups is 1. The van der Waals surface area contributed by atoms with Gasteiger partial charge in [-0.25, -0.2) is 18.9 Å². The number of nitrogens with zero attached hydrogens (tertiary/aromatic N) is 7. The van der Waals surface area contributed by atoms with Crippen molar-refractivity contribution in [1.29, 1.82) is 0 Å². The van der Waals surface area contributed by atoms with Crippen molar-refractivity contribution in [3.8, 4) is 16.8 Å². The maximum absolute atomic E-state index is 13.7. The van der Waals surface area contributed by atoms with Gasteiger partial charge in [0, 0.05) is 38.9 Å². The van der Waals surface area contributed by atoms with Crippen molar-refractivity contribution in [2.24, 2.45) is 0 Å². The van der Waals surface area contributed by atoms with Crippen LogP contribution in [0, 0.1) is 5.82 Å². The summed E-state index contributed by atoms with van der Waals surface area (Å²) in [4.78, 5) is 37.3. The number of rotatable bonds is 4. The Kier molecular flexibility index (Phi) is 6.00. The normalized spacial score (nSPS) is 15.3. The number of benzene rings is 1. The van der Waals surface area contributed by atoms with E-state index in [4.69, 9.17) is 0 Å². The van der Waals surface area contributed by atoms with Crippen LogP contribution >= 0.6 is 0 Å². The van der Waals surface area contributed by atoms with E-state index in [1.807, 2.05) is 0 Å². The van der Waals surface area contributed by atoms with Gasteiger partial charge in [-0.1, -0.05) is 12.1 Å². The Balaban J connectivity index is 1.40. The molecule has 0 saturated carbocycles. The van der Waals surface area contributed by atoms with Crippen molar-refractivity contribution < 1.29 is 14.3 Å². The molecule has 186 valence electrons. The highest BCUT2D eigenvalue weighted by Crippen LogP contribution is 2.25. The van der Waals surface area contributed by atoms with Gasteiger partial charge in [0.1, 0.15) is 17.5 Å². The Bertz CT molecular complexity index is 1490. The summed E-state index contributed by atoms with van der Waals surface area (Å²) in [6.07, 6.45) is 6.78. The van der Waals surface area contributed by atoms with Crippen LogP contribution in [-0.4, -0.2) is 78.0 Å². The first kappa shape index (κ1) is 23.6. The number of urea groups is 1. The van der Waals surface area contributed by atoms with Crippen LogP contribution in [0.2, 0.25) is 0 Å². The molecule has 11 heteroatoms. The average molecular weight is 492 g/mol. The molecule has 4 heterocycles. The second-order valence-corrected chi connectivity index (χ2v) is 9.30. The number of aromatic nitrogens is 5. The predicted octanol–water partition coefficient (Wildman–Crippen LogP) is 2.29. The summed E-state index contributed by atoms with van der Waals surface area (Å²) in [5.74, 6) is -0.346. The zero-order chi connectivity index (χ0) is 25.4. The van der Waals surface area contributed by atoms with Crippen LogP contribution in [0.3, 0.4) is 0 Å². The highest BCUT2D eigenvalue weighted by Gasteiger charge is 2.35. The van der Waals surface area contributed by atoms with Crippen molar-refractivity contribution in [3.05, 3.63) is 71.4 Å². The summed E-state index contributed by atoms with van der Waals surface area (Å²) < 4.78 is 16.6. The quantitative estimate of drug-likeness (QED) is 0.469. The smallest absolute Gasteiger partial charge is 0.319 e. The van der Waals surface area contributed by atoms with Gasteiger partial charge in [-0.05, 0) is 36.6 Å². The van der Waals surface area contributed by atoms with Crippen LogP contribution in [0.25, 0.3) is 27.8 Å². The first-order valence-electron chi connectivity index (χ1n) is 11.6. The minimum Gasteiger partial charge on any atom is -0.388 e. The SMILES string of the molecule is CN(C)C(=O)N1CCC(O)(Cn2cnc3c(cnn3-c3cncc(-c4cccc(F)c4)c3)c2=O)CC1. The van der Waals surface area contributed by atoms with E-state index in [1.165, 1.54) is 38.8 Å². The highest BCUT2D eigenvalue weighted by molar-refractivity contribution is 5.76. The van der Waals surface area contributed by atoms with Gasteiger partial charge in [0.25, 0.3) is 5.56 Å². The third kappa shape index (κ3) is 4.44. The second kappa shape index (κ2) is 9.15. The molecule has 0 unspecified atom stereocenters. The van der Waals surface area contributed by atoms with Gasteiger partial charge < -0.3 is 14.9 Å². The monoisotopic (exact) mass is 491 g/mol. The third-order valence-electron chi connectivity index (χ3n) is 6.49. The molecule has 0 bridgehead atoms. The molecule has 1 fully saturated rings. The minimum absolute atomic E-state index is 0.0700. The fraction of sp³-hybridized carbons (Fsp3) is 0.320. The van der Waals surface area contributed by atoms with Crippen molar-refractivity contribution in [1.82, 2.24) is 34.1 Å². The lowest BCUT2D eigenvalue weighted by Crippen LogP contribution is -2.51. The van der Waals surface area contributed by atoms with Crippen LogP contribution < -0.4 is 5.56 Å². The molecule has 4 aromatic rings. The van der Waals surface area contributed by atoms with Crippen LogP contribution in [0.5, 0.6) is 0 Å². The molecule has 0 atom stereocenters. The van der Waals surface area contributed by atoms with Crippen LogP contribution in [0.4, 0.5) is 9.18 Å². The predicted molar refractivity (Wildman–Crippen MR) is 131 cm³/mol. The van der Waals surface area contributed by atoms with Crippen molar-refractivity contribution in [2.75, 3.05) is 27.2 Å². The summed E-state index contributed by atoms with van der Waals surface area (Å²) in [5, 5.41) is 15.8. The number of halogens is 1. The lowest BCUT2D eigenvalue weighted by atomic mass is 9.91. The Labute approximate surface area is 206 Å². The standard InChI is InChI=1S/C25H26FN7O3/c1-30(2)24(35)31-8-6-25(36,7-9-31)15-32-16-28-22-21(23(32)34)14-29-33(22)20-11-18(12-27-13-20)17-4-3-5-19(26)10-17/h3-5,10-14,16,36H,6-9,15H2,1-2H3. The average Bonchev–Trinajstić information content (AvgIpc) is 3.31. The maximum atomic E-state index is 13.7. The number of likely N-dealkylation sites (tertiary alicyclic amines) is 1. The maximum Gasteiger partial charge on any atom is 0.319 e. The molecular formula is C25H26FN7O3. The minimum atomic E-state index is -1.12. The lowest BCUT2D eigenvalue weighted by molar-refractivity contribution is -0.0282. The summed E-state index contributed by atoms with van der Waals surface area (Å²) in [7, 11) is 3.38. The van der Waals surface area contributed by atoms with Crippen molar-refractivity contribution >= 4 is 17.1 Å². The zero-order valence-corrected chi connectivity index (χ0v) is 20.0. The molecule has 36 heavy (non-hydrogen) atoms. The molecular weight excluding hydrogens is 465 g/mol. The number of hydrogen-bond donors (Lipinski definition) is 1. The first-order valence-corrected chi connectivity index (χ1v) is 11.6. The fourth-order valence-electron chi connectivity index (χ4n) is 4.49. The number of piperidine rings is 1. The topological polar surface area (TPSA) is 109 Å². The number of carbonyl (C=O) groups is 1. The number of hydrogen-bond acceptors (Lipinski definition) is 6. The summed E-state index contributed by atoms with van der Waals surface area (Å²) in [6.45, 7) is 0.885. The van der Waals surface area contributed by atoms with Gasteiger partial charge in [-0.2, -0.15) is 5.10 Å². The van der Waals surface area contributed by atoms with Gasteiger partial charge in [0.05, 0.1) is 30.2 Å². The molecule has 5 rings (SSSR count). The van der Waals surface area contributed by atoms with E-state index in [2.05, 4.69) is 15.1 Å². The van der Waals surface area contributed by atoms with Gasteiger partial charge in [0.15, 0.2) is 5.65 Å². The lowest BCUT2D eigenvalue weighted by Gasteiger charge is -2.39. The first-order chi connectivity index (χ1) is 17.2. The van der Waals surface area contributed by atoms with E-state index in [9.17, 15) is 19.1 Å². The van der Waals surface area contributed by atoms with E-state index in [-0.39, 0.29) is 24.0 Å². The van der Waals surface area contributed by atoms with Crippen LogP contribution in [0.15, 0.2) is 60.0 Å². The largest absolute Gasteiger partial charge is 0.388 e. The van der Waals surface area contributed by atoms with E-state index in [0.717, 1.165) is 0 Å². The molecule has 0 aliphatic carbocycles. The molecule has 0 spiro atoms. The van der Waals surface area contributed by atoms with E-state index in [1.54, 1.807) is 49.6 Å². The van der Waals surface area contributed by atoms with Gasteiger partial charge >= 0.3 is 6.03 Å². The molecule has 0 radical (unpaired) electrons. The molecule has 1 N–H and O–H groups in total. The summed E-state index contributed by atoms with van der Waals surface area (Å²) in [6, 6.07) is 7.91. The molecule has 1 aliphatic heterocycles. The molecule has 1 aliphatic rings. The third-order valence-corrected chi connectivity index (χ3v) is 6.49. The summed E-state index contributed by atoms with van der Waals surface area (Å²) >= 11 is 0. The number of fused-ring (bicyclic) bond motifs is 1. The number of amides is 2. The molecule has 2 amide bonds.